The highest BCUT2D eigenvalue weighted by Gasteiger charge is 2.17. The largest absolute Gasteiger partial charge is 0.468 e. The second kappa shape index (κ2) is 7.59. The molecule has 3 rings (SSSR count). The predicted molar refractivity (Wildman–Crippen MR) is 95.0 cm³/mol. The summed E-state index contributed by atoms with van der Waals surface area (Å²) in [4.78, 5) is 15.5. The lowest BCUT2D eigenvalue weighted by Gasteiger charge is -2.10. The maximum atomic E-state index is 11.4. The lowest BCUT2D eigenvalue weighted by molar-refractivity contribution is -0.137. The molecule has 6 nitrogen and oxygen atoms in total. The molecule has 8 heteroatoms. The van der Waals surface area contributed by atoms with Crippen molar-refractivity contribution < 1.29 is 9.53 Å². The number of hydrogen-bond donors (Lipinski definition) is 0. The van der Waals surface area contributed by atoms with E-state index in [-0.39, 0.29) is 11.7 Å². The van der Waals surface area contributed by atoms with Gasteiger partial charge in [-0.25, -0.2) is 0 Å². The molecular formula is C16H13BrN4O2S. The summed E-state index contributed by atoms with van der Waals surface area (Å²) in [5.74, 6) is 0.546. The maximum absolute atomic E-state index is 11.4. The van der Waals surface area contributed by atoms with Gasteiger partial charge >= 0.3 is 5.97 Å². The van der Waals surface area contributed by atoms with Gasteiger partial charge in [0.25, 0.3) is 0 Å². The van der Waals surface area contributed by atoms with Gasteiger partial charge in [-0.15, -0.1) is 10.2 Å². The quantitative estimate of drug-likeness (QED) is 0.479. The number of rotatable bonds is 5. The van der Waals surface area contributed by atoms with Crippen molar-refractivity contribution in [3.63, 3.8) is 0 Å². The molecule has 0 radical (unpaired) electrons. The number of carbonyl (C=O) groups excluding carboxylic acids is 1. The summed E-state index contributed by atoms with van der Waals surface area (Å²) in [6.45, 7) is 0. The molecule has 0 saturated carbocycles. The molecule has 0 aliphatic carbocycles. The van der Waals surface area contributed by atoms with Crippen molar-refractivity contribution >= 4 is 33.7 Å². The average molecular weight is 405 g/mol. The third-order valence-electron chi connectivity index (χ3n) is 3.20. The van der Waals surface area contributed by atoms with Gasteiger partial charge in [-0.3, -0.25) is 14.3 Å². The van der Waals surface area contributed by atoms with Crippen molar-refractivity contribution in [3.8, 4) is 17.1 Å². The number of aromatic nitrogens is 4. The van der Waals surface area contributed by atoms with Crippen LogP contribution in [0.1, 0.15) is 0 Å². The average Bonchev–Trinajstić information content (AvgIpc) is 3.05. The molecular weight excluding hydrogens is 392 g/mol. The van der Waals surface area contributed by atoms with Crippen LogP contribution in [0, 0.1) is 0 Å². The summed E-state index contributed by atoms with van der Waals surface area (Å²) < 4.78 is 7.59. The maximum Gasteiger partial charge on any atom is 0.316 e. The van der Waals surface area contributed by atoms with Gasteiger partial charge in [-0.2, -0.15) is 0 Å². The van der Waals surface area contributed by atoms with Crippen molar-refractivity contribution in [2.45, 2.75) is 5.16 Å². The molecule has 0 aliphatic rings. The highest BCUT2D eigenvalue weighted by Crippen LogP contribution is 2.28. The van der Waals surface area contributed by atoms with Crippen LogP contribution in [-0.4, -0.2) is 38.6 Å². The number of thioether (sulfide) groups is 1. The second-order valence-electron chi connectivity index (χ2n) is 4.72. The van der Waals surface area contributed by atoms with Crippen LogP contribution >= 0.6 is 27.7 Å². The van der Waals surface area contributed by atoms with Crippen LogP contribution in [0.3, 0.4) is 0 Å². The fraction of sp³-hybridized carbons (Fsp3) is 0.125. The number of esters is 1. The molecule has 2 aromatic heterocycles. The monoisotopic (exact) mass is 404 g/mol. The number of halogens is 1. The molecule has 3 aromatic rings. The normalized spacial score (nSPS) is 10.6. The highest BCUT2D eigenvalue weighted by molar-refractivity contribution is 9.10. The van der Waals surface area contributed by atoms with Crippen LogP contribution in [-0.2, 0) is 9.53 Å². The molecule has 0 saturated heterocycles. The lowest BCUT2D eigenvalue weighted by Crippen LogP contribution is -2.05. The van der Waals surface area contributed by atoms with Gasteiger partial charge in [-0.1, -0.05) is 27.7 Å². The van der Waals surface area contributed by atoms with E-state index in [1.54, 1.807) is 12.4 Å². The third kappa shape index (κ3) is 3.65. The lowest BCUT2D eigenvalue weighted by atomic mass is 10.2. The first-order valence-corrected chi connectivity index (χ1v) is 8.78. The Morgan fingerprint density at radius 3 is 2.54 bits per heavy atom. The van der Waals surface area contributed by atoms with Crippen molar-refractivity contribution in [2.24, 2.45) is 0 Å². The Labute approximate surface area is 151 Å². The van der Waals surface area contributed by atoms with Crippen LogP contribution in [0.15, 0.2) is 58.4 Å². The topological polar surface area (TPSA) is 69.9 Å². The van der Waals surface area contributed by atoms with E-state index in [2.05, 4.69) is 31.1 Å². The Balaban J connectivity index is 2.05. The Kier molecular flexibility index (Phi) is 5.27. The SMILES string of the molecule is COC(=O)CSc1nnc(-c2ccncc2)n1-c1ccc(Br)cc1. The summed E-state index contributed by atoms with van der Waals surface area (Å²) >= 11 is 4.72. The number of methoxy groups -OCH3 is 1. The number of hydrogen-bond acceptors (Lipinski definition) is 6. The Bertz CT molecular complexity index is 837. The number of nitrogens with zero attached hydrogens (tertiary/aromatic N) is 4. The fourth-order valence-electron chi connectivity index (χ4n) is 2.06. The van der Waals surface area contributed by atoms with Gasteiger partial charge in [0.1, 0.15) is 0 Å². The minimum absolute atomic E-state index is 0.168. The molecule has 24 heavy (non-hydrogen) atoms. The van der Waals surface area contributed by atoms with E-state index in [4.69, 9.17) is 4.74 Å². The zero-order valence-electron chi connectivity index (χ0n) is 12.7. The zero-order chi connectivity index (χ0) is 16.9. The number of ether oxygens (including phenoxy) is 1. The van der Waals surface area contributed by atoms with E-state index in [1.807, 2.05) is 41.0 Å². The highest BCUT2D eigenvalue weighted by atomic mass is 79.9. The van der Waals surface area contributed by atoms with E-state index in [1.165, 1.54) is 18.9 Å². The van der Waals surface area contributed by atoms with Gasteiger partial charge in [0.2, 0.25) is 0 Å². The van der Waals surface area contributed by atoms with Gasteiger partial charge in [0.05, 0.1) is 12.9 Å². The molecule has 0 N–H and O–H groups in total. The summed E-state index contributed by atoms with van der Waals surface area (Å²) in [5, 5.41) is 9.14. The first kappa shape index (κ1) is 16.7. The van der Waals surface area contributed by atoms with Crippen LogP contribution in [0.4, 0.5) is 0 Å². The number of benzene rings is 1. The van der Waals surface area contributed by atoms with Crippen molar-refractivity contribution in [2.75, 3.05) is 12.9 Å². The fourth-order valence-corrected chi connectivity index (χ4v) is 3.11. The first-order chi connectivity index (χ1) is 11.7. The minimum atomic E-state index is -0.309. The second-order valence-corrected chi connectivity index (χ2v) is 6.58. The Morgan fingerprint density at radius 1 is 1.17 bits per heavy atom. The van der Waals surface area contributed by atoms with Crippen LogP contribution in [0.5, 0.6) is 0 Å². The number of carbonyl (C=O) groups is 1. The number of pyridine rings is 1. The van der Waals surface area contributed by atoms with Gasteiger partial charge in [0.15, 0.2) is 11.0 Å². The predicted octanol–water partition coefficient (Wildman–Crippen LogP) is 3.36. The van der Waals surface area contributed by atoms with Gasteiger partial charge in [-0.05, 0) is 36.4 Å². The molecule has 0 bridgehead atoms. The molecule has 0 unspecified atom stereocenters. The molecule has 1 aromatic carbocycles. The Hall–Kier alpha value is -2.19. The smallest absolute Gasteiger partial charge is 0.316 e. The molecule has 122 valence electrons. The van der Waals surface area contributed by atoms with Crippen molar-refractivity contribution in [1.29, 1.82) is 0 Å². The molecule has 2 heterocycles. The van der Waals surface area contributed by atoms with Crippen molar-refractivity contribution in [3.05, 3.63) is 53.3 Å². The van der Waals surface area contributed by atoms with Gasteiger partial charge in [0, 0.05) is 28.1 Å². The molecule has 0 aliphatic heterocycles. The van der Waals surface area contributed by atoms with E-state index < -0.39 is 0 Å². The first-order valence-electron chi connectivity index (χ1n) is 7.00. The van der Waals surface area contributed by atoms with Crippen molar-refractivity contribution in [1.82, 2.24) is 19.7 Å². The van der Waals surface area contributed by atoms with E-state index >= 15 is 0 Å². The summed E-state index contributed by atoms with van der Waals surface area (Å²) in [7, 11) is 1.37. The van der Waals surface area contributed by atoms with E-state index in [0.717, 1.165) is 15.7 Å². The summed E-state index contributed by atoms with van der Waals surface area (Å²) in [6, 6.07) is 11.5. The molecule has 0 atom stereocenters. The minimum Gasteiger partial charge on any atom is -0.468 e. The molecule has 0 amide bonds. The van der Waals surface area contributed by atoms with Crippen LogP contribution in [0.25, 0.3) is 17.1 Å². The third-order valence-corrected chi connectivity index (χ3v) is 4.63. The van der Waals surface area contributed by atoms with Crippen LogP contribution < -0.4 is 0 Å². The summed E-state index contributed by atoms with van der Waals surface area (Å²) in [5.41, 5.74) is 1.80. The van der Waals surface area contributed by atoms with E-state index in [9.17, 15) is 4.79 Å². The summed E-state index contributed by atoms with van der Waals surface area (Å²) in [6.07, 6.45) is 3.41. The standard InChI is InChI=1S/C16H13BrN4O2S/c1-23-14(22)10-24-16-20-19-15(11-6-8-18-9-7-11)21(16)13-4-2-12(17)3-5-13/h2-9H,10H2,1H3. The molecule has 0 spiro atoms. The zero-order valence-corrected chi connectivity index (χ0v) is 15.1. The molecule has 0 fully saturated rings. The Morgan fingerprint density at radius 2 is 1.88 bits per heavy atom. The van der Waals surface area contributed by atoms with E-state index in [0.29, 0.717) is 11.0 Å². The van der Waals surface area contributed by atoms with Crippen LogP contribution in [0.2, 0.25) is 0 Å². The van der Waals surface area contributed by atoms with Gasteiger partial charge < -0.3 is 4.74 Å².